The van der Waals surface area contributed by atoms with Crippen LogP contribution >= 0.6 is 0 Å². The monoisotopic (exact) mass is 357 g/mol. The Bertz CT molecular complexity index is 575. The van der Waals surface area contributed by atoms with Gasteiger partial charge in [-0.15, -0.1) is 0 Å². The average Bonchev–Trinajstić information content (AvgIpc) is 3.52. The topological polar surface area (TPSA) is 51.7 Å². The van der Waals surface area contributed by atoms with Crippen molar-refractivity contribution in [3.63, 3.8) is 0 Å². The van der Waals surface area contributed by atoms with E-state index in [-0.39, 0.29) is 6.03 Å². The summed E-state index contributed by atoms with van der Waals surface area (Å²) < 4.78 is 0. The number of nitrogens with zero attached hydrogens (tertiary/aromatic N) is 4. The van der Waals surface area contributed by atoms with Crippen LogP contribution in [-0.2, 0) is 0 Å². The molecule has 0 spiro atoms. The first-order chi connectivity index (χ1) is 12.8. The summed E-state index contributed by atoms with van der Waals surface area (Å²) in [5.74, 6) is 1.63. The number of rotatable bonds is 5. The fourth-order valence-electron chi connectivity index (χ4n) is 4.10. The highest BCUT2D eigenvalue weighted by molar-refractivity contribution is 5.74. The standard InChI is InChI=1S/C20H31N5O/c26-20(22-15-17-5-9-23(10-6-17)16-18-1-2-18)25-13-11-24(12-14-25)19-3-7-21-8-4-19/h3-4,7-8,17-18H,1-2,5-6,9-16H2,(H,22,26). The summed E-state index contributed by atoms with van der Waals surface area (Å²) in [6, 6.07) is 4.18. The van der Waals surface area contributed by atoms with Gasteiger partial charge in [-0.2, -0.15) is 0 Å². The molecule has 2 amide bonds. The molecule has 0 aromatic carbocycles. The zero-order chi connectivity index (χ0) is 17.8. The molecule has 142 valence electrons. The van der Waals surface area contributed by atoms with Crippen LogP contribution in [0.15, 0.2) is 24.5 Å². The molecule has 3 aliphatic rings. The zero-order valence-electron chi connectivity index (χ0n) is 15.6. The number of urea groups is 1. The van der Waals surface area contributed by atoms with Gasteiger partial charge in [-0.25, -0.2) is 4.79 Å². The highest BCUT2D eigenvalue weighted by atomic mass is 16.2. The lowest BCUT2D eigenvalue weighted by Gasteiger charge is -2.36. The second kappa shape index (κ2) is 8.25. The Morgan fingerprint density at radius 1 is 0.962 bits per heavy atom. The van der Waals surface area contributed by atoms with Gasteiger partial charge in [-0.1, -0.05) is 0 Å². The molecule has 4 rings (SSSR count). The summed E-state index contributed by atoms with van der Waals surface area (Å²) in [6.45, 7) is 7.90. The molecular weight excluding hydrogens is 326 g/mol. The van der Waals surface area contributed by atoms with Crippen LogP contribution in [0.3, 0.4) is 0 Å². The van der Waals surface area contributed by atoms with Crippen LogP contribution in [-0.4, -0.2) is 73.2 Å². The van der Waals surface area contributed by atoms with E-state index in [9.17, 15) is 4.79 Å². The molecule has 2 saturated heterocycles. The molecule has 3 fully saturated rings. The molecule has 2 aliphatic heterocycles. The Morgan fingerprint density at radius 3 is 2.31 bits per heavy atom. The number of hydrogen-bond acceptors (Lipinski definition) is 4. The van der Waals surface area contributed by atoms with E-state index in [1.165, 1.54) is 51.0 Å². The number of piperazine rings is 1. The molecule has 26 heavy (non-hydrogen) atoms. The molecule has 1 aromatic heterocycles. The molecular formula is C20H31N5O. The summed E-state index contributed by atoms with van der Waals surface area (Å²) in [4.78, 5) is 23.4. The van der Waals surface area contributed by atoms with Gasteiger partial charge in [0.25, 0.3) is 0 Å². The minimum absolute atomic E-state index is 0.111. The van der Waals surface area contributed by atoms with Crippen molar-refractivity contribution in [3.8, 4) is 0 Å². The molecule has 6 nitrogen and oxygen atoms in total. The molecule has 0 bridgehead atoms. The minimum Gasteiger partial charge on any atom is -0.368 e. The lowest BCUT2D eigenvalue weighted by molar-refractivity contribution is 0.168. The molecule has 3 heterocycles. The third-order valence-corrected chi connectivity index (χ3v) is 6.06. The van der Waals surface area contributed by atoms with Gasteiger partial charge >= 0.3 is 6.03 Å². The first kappa shape index (κ1) is 17.6. The fourth-order valence-corrected chi connectivity index (χ4v) is 4.10. The predicted octanol–water partition coefficient (Wildman–Crippen LogP) is 2.04. The zero-order valence-corrected chi connectivity index (χ0v) is 15.6. The van der Waals surface area contributed by atoms with E-state index in [1.807, 2.05) is 29.4 Å². The SMILES string of the molecule is O=C(NCC1CCN(CC2CC2)CC1)N1CCN(c2ccncc2)CC1. The maximum Gasteiger partial charge on any atom is 0.317 e. The van der Waals surface area contributed by atoms with Gasteiger partial charge in [0.05, 0.1) is 0 Å². The van der Waals surface area contributed by atoms with Crippen molar-refractivity contribution in [2.45, 2.75) is 25.7 Å². The van der Waals surface area contributed by atoms with Gasteiger partial charge in [0, 0.05) is 57.3 Å². The summed E-state index contributed by atoms with van der Waals surface area (Å²) in [7, 11) is 0. The normalized spacial score (nSPS) is 22.5. The summed E-state index contributed by atoms with van der Waals surface area (Å²) >= 11 is 0. The molecule has 1 aromatic rings. The third-order valence-electron chi connectivity index (χ3n) is 6.06. The van der Waals surface area contributed by atoms with Crippen LogP contribution < -0.4 is 10.2 Å². The number of amides is 2. The Kier molecular flexibility index (Phi) is 5.58. The van der Waals surface area contributed by atoms with Crippen LogP contribution in [0.25, 0.3) is 0 Å². The van der Waals surface area contributed by atoms with Crippen LogP contribution in [0.2, 0.25) is 0 Å². The van der Waals surface area contributed by atoms with E-state index < -0.39 is 0 Å². The number of nitrogens with one attached hydrogen (secondary N) is 1. The van der Waals surface area contributed by atoms with Crippen molar-refractivity contribution in [2.24, 2.45) is 11.8 Å². The van der Waals surface area contributed by atoms with Gasteiger partial charge in [-0.05, 0) is 62.7 Å². The quantitative estimate of drug-likeness (QED) is 0.876. The van der Waals surface area contributed by atoms with Crippen molar-refractivity contribution in [2.75, 3.05) is 57.3 Å². The van der Waals surface area contributed by atoms with Crippen LogP contribution in [0.5, 0.6) is 0 Å². The summed E-state index contributed by atoms with van der Waals surface area (Å²) in [5.41, 5.74) is 1.19. The average molecular weight is 358 g/mol. The first-order valence-corrected chi connectivity index (χ1v) is 10.2. The molecule has 1 saturated carbocycles. The smallest absolute Gasteiger partial charge is 0.317 e. The predicted molar refractivity (Wildman–Crippen MR) is 103 cm³/mol. The van der Waals surface area contributed by atoms with Gasteiger partial charge in [0.1, 0.15) is 0 Å². The van der Waals surface area contributed by atoms with E-state index in [0.29, 0.717) is 5.92 Å². The number of carbonyl (C=O) groups excluding carboxylic acids is 1. The van der Waals surface area contributed by atoms with Crippen LogP contribution in [0.1, 0.15) is 25.7 Å². The van der Waals surface area contributed by atoms with E-state index in [1.54, 1.807) is 0 Å². The second-order valence-corrected chi connectivity index (χ2v) is 8.05. The first-order valence-electron chi connectivity index (χ1n) is 10.2. The Morgan fingerprint density at radius 2 is 1.65 bits per heavy atom. The van der Waals surface area contributed by atoms with Crippen molar-refractivity contribution in [1.29, 1.82) is 0 Å². The Labute approximate surface area is 156 Å². The number of pyridine rings is 1. The second-order valence-electron chi connectivity index (χ2n) is 8.05. The van der Waals surface area contributed by atoms with Crippen molar-refractivity contribution >= 4 is 11.7 Å². The summed E-state index contributed by atoms with van der Waals surface area (Å²) in [6.07, 6.45) is 8.97. The lowest BCUT2D eigenvalue weighted by atomic mass is 9.96. The number of likely N-dealkylation sites (tertiary alicyclic amines) is 1. The number of anilines is 1. The van der Waals surface area contributed by atoms with Crippen molar-refractivity contribution in [3.05, 3.63) is 24.5 Å². The highest BCUT2D eigenvalue weighted by Crippen LogP contribution is 2.31. The molecule has 1 aliphatic carbocycles. The van der Waals surface area contributed by atoms with Crippen LogP contribution in [0.4, 0.5) is 10.5 Å². The van der Waals surface area contributed by atoms with E-state index in [2.05, 4.69) is 20.1 Å². The molecule has 0 radical (unpaired) electrons. The fraction of sp³-hybridized carbons (Fsp3) is 0.700. The van der Waals surface area contributed by atoms with Gasteiger partial charge < -0.3 is 20.0 Å². The van der Waals surface area contributed by atoms with Crippen LogP contribution in [0, 0.1) is 11.8 Å². The van der Waals surface area contributed by atoms with E-state index in [0.717, 1.165) is 38.6 Å². The molecule has 0 atom stereocenters. The largest absolute Gasteiger partial charge is 0.368 e. The van der Waals surface area contributed by atoms with Gasteiger partial charge in [0.15, 0.2) is 0 Å². The summed E-state index contributed by atoms with van der Waals surface area (Å²) in [5, 5.41) is 3.18. The van der Waals surface area contributed by atoms with Crippen molar-refractivity contribution in [1.82, 2.24) is 20.1 Å². The number of carbonyl (C=O) groups is 1. The minimum atomic E-state index is 0.111. The Hall–Kier alpha value is -1.82. The van der Waals surface area contributed by atoms with E-state index in [4.69, 9.17) is 0 Å². The van der Waals surface area contributed by atoms with Gasteiger partial charge in [-0.3, -0.25) is 4.98 Å². The highest BCUT2D eigenvalue weighted by Gasteiger charge is 2.27. The van der Waals surface area contributed by atoms with Crippen molar-refractivity contribution < 1.29 is 4.79 Å². The molecule has 0 unspecified atom stereocenters. The number of aromatic nitrogens is 1. The maximum atomic E-state index is 12.5. The molecule has 6 heteroatoms. The third kappa shape index (κ3) is 4.67. The number of piperidine rings is 1. The lowest BCUT2D eigenvalue weighted by Crippen LogP contribution is -2.52. The van der Waals surface area contributed by atoms with Gasteiger partial charge in [0.2, 0.25) is 0 Å². The maximum absolute atomic E-state index is 12.5. The number of hydrogen-bond donors (Lipinski definition) is 1. The molecule has 1 N–H and O–H groups in total. The van der Waals surface area contributed by atoms with E-state index >= 15 is 0 Å². The Balaban J connectivity index is 1.14.